The zero-order valence-electron chi connectivity index (χ0n) is 14.2. The van der Waals surface area contributed by atoms with Crippen LogP contribution in [0, 0.1) is 0 Å². The summed E-state index contributed by atoms with van der Waals surface area (Å²) in [6.45, 7) is 5.55. The number of H-pyrrole nitrogens is 1. The number of aromatic amines is 1. The average molecular weight is 329 g/mol. The van der Waals surface area contributed by atoms with Crippen LogP contribution in [0.3, 0.4) is 0 Å². The molecule has 0 bridgehead atoms. The summed E-state index contributed by atoms with van der Waals surface area (Å²) < 4.78 is 7.71. The second-order valence-corrected chi connectivity index (χ2v) is 6.95. The molecule has 2 aromatic heterocycles. The molecule has 4 rings (SSSR count). The smallest absolute Gasteiger partial charge is 0.262 e. The molecule has 128 valence electrons. The van der Waals surface area contributed by atoms with Crippen molar-refractivity contribution in [1.82, 2.24) is 24.6 Å². The molecule has 1 fully saturated rings. The summed E-state index contributed by atoms with van der Waals surface area (Å²) in [5, 5.41) is 4.64. The summed E-state index contributed by atoms with van der Waals surface area (Å²) in [5.41, 5.74) is 1.87. The van der Waals surface area contributed by atoms with Crippen molar-refractivity contribution in [2.24, 2.45) is 7.05 Å². The Morgan fingerprint density at radius 3 is 2.92 bits per heavy atom. The lowest BCUT2D eigenvalue weighted by Crippen LogP contribution is -2.46. The Morgan fingerprint density at radius 2 is 2.17 bits per heavy atom. The molecule has 24 heavy (non-hydrogen) atoms. The van der Waals surface area contributed by atoms with Crippen LogP contribution in [0.2, 0.25) is 0 Å². The molecule has 0 saturated carbocycles. The Bertz CT molecular complexity index is 842. The minimum Gasteiger partial charge on any atom is -0.370 e. The third kappa shape index (κ3) is 2.78. The van der Waals surface area contributed by atoms with Crippen molar-refractivity contribution in [2.45, 2.75) is 38.3 Å². The van der Waals surface area contributed by atoms with Gasteiger partial charge in [0.15, 0.2) is 5.65 Å². The maximum Gasteiger partial charge on any atom is 0.262 e. The van der Waals surface area contributed by atoms with Gasteiger partial charge < -0.3 is 9.72 Å². The molecule has 2 aliphatic rings. The van der Waals surface area contributed by atoms with E-state index in [9.17, 15) is 4.79 Å². The second-order valence-electron chi connectivity index (χ2n) is 6.95. The number of likely N-dealkylation sites (tertiary alicyclic amines) is 1. The zero-order chi connectivity index (χ0) is 16.7. The van der Waals surface area contributed by atoms with E-state index in [4.69, 9.17) is 4.74 Å². The predicted octanol–water partition coefficient (Wildman–Crippen LogP) is 1.36. The molecule has 0 aromatic carbocycles. The Kier molecular flexibility index (Phi) is 3.77. The molecule has 1 spiro atoms. The summed E-state index contributed by atoms with van der Waals surface area (Å²) in [7, 11) is 1.80. The van der Waals surface area contributed by atoms with Gasteiger partial charge in [0.2, 0.25) is 0 Å². The monoisotopic (exact) mass is 329 g/mol. The molecule has 0 unspecified atom stereocenters. The Hall–Kier alpha value is -1.99. The van der Waals surface area contributed by atoms with Gasteiger partial charge in [-0.1, -0.05) is 11.6 Å². The predicted molar refractivity (Wildman–Crippen MR) is 90.7 cm³/mol. The molecule has 2 aromatic rings. The topological polar surface area (TPSA) is 76.0 Å². The van der Waals surface area contributed by atoms with Crippen molar-refractivity contribution in [1.29, 1.82) is 0 Å². The summed E-state index contributed by atoms with van der Waals surface area (Å²) in [6, 6.07) is 0. The standard InChI is InChI=1S/C17H23N5O2/c1-12-3-8-24-17(9-12)4-6-22(7-5-17)11-14-19-15-13(16(23)20-14)10-18-21(15)2/h9-10H,3-8,11H2,1-2H3,(H,19,20,23). The van der Waals surface area contributed by atoms with E-state index in [1.54, 1.807) is 17.9 Å². The zero-order valence-corrected chi connectivity index (χ0v) is 14.2. The highest BCUT2D eigenvalue weighted by Gasteiger charge is 2.35. The number of hydrogen-bond donors (Lipinski definition) is 1. The lowest BCUT2D eigenvalue weighted by molar-refractivity contribution is -0.0579. The molecular weight excluding hydrogens is 306 g/mol. The molecule has 2 aliphatic heterocycles. The largest absolute Gasteiger partial charge is 0.370 e. The molecule has 0 amide bonds. The van der Waals surface area contributed by atoms with Crippen LogP contribution in [0.1, 0.15) is 32.0 Å². The number of aryl methyl sites for hydroxylation is 1. The van der Waals surface area contributed by atoms with Crippen LogP contribution in [0.4, 0.5) is 0 Å². The molecule has 0 aliphatic carbocycles. The molecule has 1 saturated heterocycles. The number of rotatable bonds is 2. The van der Waals surface area contributed by atoms with Crippen molar-refractivity contribution in [3.8, 4) is 0 Å². The molecule has 4 heterocycles. The van der Waals surface area contributed by atoms with Crippen molar-refractivity contribution >= 4 is 11.0 Å². The lowest BCUT2D eigenvalue weighted by atomic mass is 9.87. The Morgan fingerprint density at radius 1 is 1.38 bits per heavy atom. The SMILES string of the molecule is CC1=CC2(CCN(Cc3nc4c(cnn4C)c(=O)[nH]3)CC2)OCC1. The number of fused-ring (bicyclic) bond motifs is 1. The van der Waals surface area contributed by atoms with Crippen molar-refractivity contribution in [3.05, 3.63) is 34.0 Å². The molecular formula is C17H23N5O2. The van der Waals surface area contributed by atoms with Gasteiger partial charge in [-0.2, -0.15) is 5.10 Å². The van der Waals surface area contributed by atoms with Crippen LogP contribution in [0.5, 0.6) is 0 Å². The van der Waals surface area contributed by atoms with Crippen LogP contribution < -0.4 is 5.56 Å². The van der Waals surface area contributed by atoms with Crippen molar-refractivity contribution < 1.29 is 4.74 Å². The second kappa shape index (κ2) is 5.82. The normalized spacial score (nSPS) is 21.3. The first kappa shape index (κ1) is 15.5. The van der Waals surface area contributed by atoms with Crippen molar-refractivity contribution in [3.63, 3.8) is 0 Å². The van der Waals surface area contributed by atoms with Gasteiger partial charge in [0.1, 0.15) is 11.2 Å². The minimum absolute atomic E-state index is 0.0777. The van der Waals surface area contributed by atoms with E-state index in [2.05, 4.69) is 33.0 Å². The number of nitrogens with one attached hydrogen (secondary N) is 1. The van der Waals surface area contributed by atoms with Crippen LogP contribution in [0.25, 0.3) is 11.0 Å². The van der Waals surface area contributed by atoms with Gasteiger partial charge >= 0.3 is 0 Å². The quantitative estimate of drug-likeness (QED) is 0.842. The molecule has 0 radical (unpaired) electrons. The fraction of sp³-hybridized carbons (Fsp3) is 0.588. The van der Waals surface area contributed by atoms with E-state index in [1.807, 2.05) is 0 Å². The van der Waals surface area contributed by atoms with E-state index < -0.39 is 0 Å². The van der Waals surface area contributed by atoms with Gasteiger partial charge in [0.25, 0.3) is 5.56 Å². The van der Waals surface area contributed by atoms with E-state index in [0.29, 0.717) is 23.4 Å². The Balaban J connectivity index is 1.48. The van der Waals surface area contributed by atoms with E-state index in [1.165, 1.54) is 5.57 Å². The average Bonchev–Trinajstić information content (AvgIpc) is 2.92. The molecule has 1 N–H and O–H groups in total. The van der Waals surface area contributed by atoms with Crippen LogP contribution in [-0.2, 0) is 18.3 Å². The van der Waals surface area contributed by atoms with Crippen molar-refractivity contribution in [2.75, 3.05) is 19.7 Å². The summed E-state index contributed by atoms with van der Waals surface area (Å²) in [5.74, 6) is 0.698. The van der Waals surface area contributed by atoms with Crippen LogP contribution in [0.15, 0.2) is 22.6 Å². The number of hydrogen-bond acceptors (Lipinski definition) is 5. The number of nitrogens with zero attached hydrogens (tertiary/aromatic N) is 4. The maximum atomic E-state index is 12.1. The first-order valence-electron chi connectivity index (χ1n) is 8.50. The summed E-state index contributed by atoms with van der Waals surface area (Å²) in [6.07, 6.45) is 6.90. The highest BCUT2D eigenvalue weighted by atomic mass is 16.5. The van der Waals surface area contributed by atoms with Gasteiger partial charge in [-0.05, 0) is 26.2 Å². The first-order valence-corrected chi connectivity index (χ1v) is 8.50. The van der Waals surface area contributed by atoms with Gasteiger partial charge in [0, 0.05) is 20.1 Å². The lowest BCUT2D eigenvalue weighted by Gasteiger charge is -2.42. The highest BCUT2D eigenvalue weighted by molar-refractivity contribution is 5.72. The van der Waals surface area contributed by atoms with E-state index >= 15 is 0 Å². The van der Waals surface area contributed by atoms with Gasteiger partial charge in [-0.15, -0.1) is 0 Å². The van der Waals surface area contributed by atoms with Crippen LogP contribution in [-0.4, -0.2) is 49.9 Å². The van der Waals surface area contributed by atoms with Gasteiger partial charge in [-0.3, -0.25) is 14.4 Å². The van der Waals surface area contributed by atoms with E-state index in [0.717, 1.165) is 39.0 Å². The summed E-state index contributed by atoms with van der Waals surface area (Å²) in [4.78, 5) is 21.9. The minimum atomic E-state index is -0.120. The van der Waals surface area contributed by atoms with E-state index in [-0.39, 0.29) is 11.2 Å². The molecule has 7 nitrogen and oxygen atoms in total. The molecule has 7 heteroatoms. The summed E-state index contributed by atoms with van der Waals surface area (Å²) >= 11 is 0. The van der Waals surface area contributed by atoms with Crippen LogP contribution >= 0.6 is 0 Å². The highest BCUT2D eigenvalue weighted by Crippen LogP contribution is 2.33. The molecule has 0 atom stereocenters. The third-order valence-corrected chi connectivity index (χ3v) is 5.12. The fourth-order valence-corrected chi connectivity index (χ4v) is 3.72. The number of ether oxygens (including phenoxy) is 1. The number of aromatic nitrogens is 4. The van der Waals surface area contributed by atoms with Gasteiger partial charge in [-0.25, -0.2) is 4.98 Å². The third-order valence-electron chi connectivity index (χ3n) is 5.12. The maximum absolute atomic E-state index is 12.1. The number of piperidine rings is 1. The first-order chi connectivity index (χ1) is 11.5. The Labute approximate surface area is 140 Å². The van der Waals surface area contributed by atoms with Gasteiger partial charge in [0.05, 0.1) is 24.9 Å². The fourth-order valence-electron chi connectivity index (χ4n) is 3.72.